The van der Waals surface area contributed by atoms with Gasteiger partial charge in [-0.05, 0) is 19.3 Å². The fraction of sp³-hybridized carbons (Fsp3) is 0.455. The van der Waals surface area contributed by atoms with Gasteiger partial charge >= 0.3 is 0 Å². The van der Waals surface area contributed by atoms with Crippen LogP contribution < -0.4 is 4.90 Å². The first-order chi connectivity index (χ1) is 7.84. The molecular formula is C11H12N4O. The Bertz CT molecular complexity index is 463. The van der Waals surface area contributed by atoms with E-state index in [9.17, 15) is 4.79 Å². The minimum atomic E-state index is -0.254. The second-order valence-electron chi connectivity index (χ2n) is 4.09. The van der Waals surface area contributed by atoms with Gasteiger partial charge in [0.1, 0.15) is 5.69 Å². The van der Waals surface area contributed by atoms with Crippen molar-refractivity contribution in [2.24, 2.45) is 4.99 Å². The van der Waals surface area contributed by atoms with Crippen LogP contribution in [0.5, 0.6) is 0 Å². The van der Waals surface area contributed by atoms with Gasteiger partial charge < -0.3 is 4.90 Å². The van der Waals surface area contributed by atoms with Gasteiger partial charge in [-0.1, -0.05) is 0 Å². The van der Waals surface area contributed by atoms with Crippen molar-refractivity contribution in [1.29, 1.82) is 0 Å². The van der Waals surface area contributed by atoms with Crippen LogP contribution in [0.15, 0.2) is 11.2 Å². The number of hydrogen-bond donors (Lipinski definition) is 0. The van der Waals surface area contributed by atoms with Crippen molar-refractivity contribution in [2.45, 2.75) is 19.3 Å². The molecule has 1 fully saturated rings. The van der Waals surface area contributed by atoms with Gasteiger partial charge in [-0.2, -0.15) is 0 Å². The molecule has 16 heavy (non-hydrogen) atoms. The molecular weight excluding hydrogens is 204 g/mol. The zero-order valence-electron chi connectivity index (χ0n) is 8.89. The van der Waals surface area contributed by atoms with Gasteiger partial charge in [0.25, 0.3) is 5.91 Å². The summed E-state index contributed by atoms with van der Waals surface area (Å²) in [4.78, 5) is 25.8. The van der Waals surface area contributed by atoms with Crippen LogP contribution in [-0.2, 0) is 0 Å². The summed E-state index contributed by atoms with van der Waals surface area (Å²) >= 11 is 0. The molecule has 1 aromatic heterocycles. The van der Waals surface area contributed by atoms with Gasteiger partial charge in [0, 0.05) is 31.1 Å². The van der Waals surface area contributed by atoms with Gasteiger partial charge in [0.2, 0.25) is 5.95 Å². The van der Waals surface area contributed by atoms with Crippen molar-refractivity contribution < 1.29 is 4.79 Å². The molecule has 0 N–H and O–H groups in total. The van der Waals surface area contributed by atoms with Gasteiger partial charge in [-0.3, -0.25) is 4.79 Å². The highest BCUT2D eigenvalue weighted by Gasteiger charge is 2.21. The number of carbonyl (C=O) groups is 1. The smallest absolute Gasteiger partial charge is 0.296 e. The van der Waals surface area contributed by atoms with Crippen LogP contribution in [0.3, 0.4) is 0 Å². The standard InChI is InChI=1S/C11H12N4O/c16-10-9-8(6-12-10)7-13-11(14-9)15-4-2-1-3-5-15/h6-7H,1-5H2. The third-order valence-corrected chi connectivity index (χ3v) is 2.97. The lowest BCUT2D eigenvalue weighted by molar-refractivity contribution is 0.100. The number of fused-ring (bicyclic) bond motifs is 1. The molecule has 0 bridgehead atoms. The second-order valence-corrected chi connectivity index (χ2v) is 4.09. The Morgan fingerprint density at radius 1 is 1.19 bits per heavy atom. The maximum Gasteiger partial charge on any atom is 0.296 e. The van der Waals surface area contributed by atoms with Crippen molar-refractivity contribution in [3.63, 3.8) is 0 Å². The Morgan fingerprint density at radius 2 is 2.00 bits per heavy atom. The number of piperidine rings is 1. The van der Waals surface area contributed by atoms with E-state index < -0.39 is 0 Å². The van der Waals surface area contributed by atoms with Crippen molar-refractivity contribution in [2.75, 3.05) is 18.0 Å². The van der Waals surface area contributed by atoms with Gasteiger partial charge in [0.05, 0.1) is 0 Å². The minimum absolute atomic E-state index is 0.254. The van der Waals surface area contributed by atoms with E-state index in [0.717, 1.165) is 18.7 Å². The van der Waals surface area contributed by atoms with E-state index in [1.807, 2.05) is 0 Å². The summed E-state index contributed by atoms with van der Waals surface area (Å²) in [7, 11) is 0. The molecule has 0 aromatic carbocycles. The number of aliphatic imine (C=N–C) groups is 1. The molecule has 1 aromatic rings. The Hall–Kier alpha value is -1.78. The zero-order chi connectivity index (χ0) is 11.0. The van der Waals surface area contributed by atoms with Gasteiger partial charge in [-0.15, -0.1) is 0 Å². The number of aromatic nitrogens is 2. The van der Waals surface area contributed by atoms with Crippen LogP contribution in [0.25, 0.3) is 0 Å². The van der Waals surface area contributed by atoms with E-state index in [1.165, 1.54) is 25.5 Å². The topological polar surface area (TPSA) is 58.5 Å². The first-order valence-electron chi connectivity index (χ1n) is 5.55. The summed E-state index contributed by atoms with van der Waals surface area (Å²) in [6.45, 7) is 1.96. The molecule has 0 atom stereocenters. The fourth-order valence-electron chi connectivity index (χ4n) is 2.08. The predicted molar refractivity (Wildman–Crippen MR) is 60.0 cm³/mol. The molecule has 3 rings (SSSR count). The van der Waals surface area contributed by atoms with Crippen LogP contribution >= 0.6 is 0 Å². The molecule has 0 spiro atoms. The van der Waals surface area contributed by atoms with Gasteiger partial charge in [0.15, 0.2) is 0 Å². The molecule has 0 radical (unpaired) electrons. The summed E-state index contributed by atoms with van der Waals surface area (Å²) in [5.74, 6) is 0.410. The average Bonchev–Trinajstić information content (AvgIpc) is 2.72. The molecule has 82 valence electrons. The van der Waals surface area contributed by atoms with E-state index in [4.69, 9.17) is 0 Å². The molecule has 5 nitrogen and oxygen atoms in total. The number of rotatable bonds is 1. The Kier molecular flexibility index (Phi) is 2.16. The molecule has 1 saturated heterocycles. The molecule has 0 saturated carbocycles. The van der Waals surface area contributed by atoms with Crippen LogP contribution in [0, 0.1) is 0 Å². The normalized spacial score (nSPS) is 19.0. The van der Waals surface area contributed by atoms with E-state index in [-0.39, 0.29) is 5.91 Å². The minimum Gasteiger partial charge on any atom is -0.341 e. The first kappa shape index (κ1) is 9.45. The van der Waals surface area contributed by atoms with Crippen LogP contribution in [0.4, 0.5) is 5.95 Å². The van der Waals surface area contributed by atoms with E-state index in [2.05, 4.69) is 19.9 Å². The van der Waals surface area contributed by atoms with Crippen LogP contribution in [0.2, 0.25) is 0 Å². The second kappa shape index (κ2) is 3.66. The lowest BCUT2D eigenvalue weighted by Crippen LogP contribution is -2.31. The van der Waals surface area contributed by atoms with E-state index in [1.54, 1.807) is 6.20 Å². The largest absolute Gasteiger partial charge is 0.341 e. The van der Waals surface area contributed by atoms with Crippen molar-refractivity contribution in [3.05, 3.63) is 17.5 Å². The number of carbonyl (C=O) groups excluding carboxylic acids is 1. The Labute approximate surface area is 93.2 Å². The van der Waals surface area contributed by atoms with E-state index >= 15 is 0 Å². The highest BCUT2D eigenvalue weighted by Crippen LogP contribution is 2.18. The van der Waals surface area contributed by atoms with Crippen LogP contribution in [0.1, 0.15) is 35.3 Å². The summed E-state index contributed by atoms with van der Waals surface area (Å²) in [5.41, 5.74) is 1.17. The highest BCUT2D eigenvalue weighted by molar-refractivity contribution is 6.11. The lowest BCUT2D eigenvalue weighted by Gasteiger charge is -2.26. The van der Waals surface area contributed by atoms with Crippen LogP contribution in [-0.4, -0.2) is 35.2 Å². The van der Waals surface area contributed by atoms with E-state index in [0.29, 0.717) is 11.6 Å². The molecule has 0 unspecified atom stereocenters. The monoisotopic (exact) mass is 216 g/mol. The maximum absolute atomic E-state index is 11.4. The SMILES string of the molecule is O=C1N=Cc2cnc(N3CCCCC3)nc21. The third-order valence-electron chi connectivity index (χ3n) is 2.97. The Balaban J connectivity index is 1.92. The summed E-state index contributed by atoms with van der Waals surface area (Å²) < 4.78 is 0. The zero-order valence-corrected chi connectivity index (χ0v) is 8.89. The predicted octanol–water partition coefficient (Wildman–Crippen LogP) is 1.04. The molecule has 1 amide bonds. The van der Waals surface area contributed by atoms with Crippen molar-refractivity contribution in [1.82, 2.24) is 9.97 Å². The van der Waals surface area contributed by atoms with Crippen molar-refractivity contribution in [3.8, 4) is 0 Å². The summed E-state index contributed by atoms with van der Waals surface area (Å²) in [6.07, 6.45) is 6.82. The highest BCUT2D eigenvalue weighted by atomic mass is 16.1. The first-order valence-corrected chi connectivity index (χ1v) is 5.55. The maximum atomic E-state index is 11.4. The third kappa shape index (κ3) is 1.48. The number of anilines is 1. The average molecular weight is 216 g/mol. The molecule has 3 heterocycles. The summed E-state index contributed by atoms with van der Waals surface area (Å²) in [6, 6.07) is 0. The quantitative estimate of drug-likeness (QED) is 0.703. The van der Waals surface area contributed by atoms with Crippen molar-refractivity contribution >= 4 is 18.1 Å². The number of hydrogen-bond acceptors (Lipinski definition) is 4. The Morgan fingerprint density at radius 3 is 2.81 bits per heavy atom. The number of amides is 1. The molecule has 2 aliphatic rings. The molecule has 5 heteroatoms. The van der Waals surface area contributed by atoms with Gasteiger partial charge in [-0.25, -0.2) is 15.0 Å². The fourth-order valence-corrected chi connectivity index (χ4v) is 2.08. The molecule has 2 aliphatic heterocycles. The lowest BCUT2D eigenvalue weighted by atomic mass is 10.1. The summed E-state index contributed by atoms with van der Waals surface area (Å²) in [5, 5.41) is 0. The molecule has 0 aliphatic carbocycles. The number of nitrogens with zero attached hydrogens (tertiary/aromatic N) is 4.